The molecule has 0 unspecified atom stereocenters. The number of para-hydroxylation sites is 6. The number of hydrogen-bond acceptors (Lipinski definition) is 16. The summed E-state index contributed by atoms with van der Waals surface area (Å²) >= 11 is 0. The number of carbonyl (C=O) groups excluding carboxylic acids is 4. The molecule has 4 amide bonds. The van der Waals surface area contributed by atoms with Crippen molar-refractivity contribution < 1.29 is 126 Å². The van der Waals surface area contributed by atoms with E-state index in [0.717, 1.165) is 25.6 Å². The first kappa shape index (κ1) is 68.0. The van der Waals surface area contributed by atoms with Crippen LogP contribution >= 0.6 is 0 Å². The van der Waals surface area contributed by atoms with Gasteiger partial charge in [-0.3, -0.25) is 29.2 Å². The summed E-state index contributed by atoms with van der Waals surface area (Å²) in [6.07, 6.45) is 5.83. The Bertz CT molecular complexity index is 1610. The van der Waals surface area contributed by atoms with E-state index in [1.807, 2.05) is 0 Å². The molecule has 4 rings (SSSR count). The number of carbonyl (C=O) groups is 4. The molecule has 0 aliphatic carbocycles. The van der Waals surface area contributed by atoms with Crippen molar-refractivity contribution in [2.24, 2.45) is 9.98 Å². The van der Waals surface area contributed by atoms with Crippen LogP contribution in [-0.4, -0.2) is 124 Å². The molecule has 22 nitrogen and oxygen atoms in total. The second-order valence-corrected chi connectivity index (χ2v) is 11.3. The van der Waals surface area contributed by atoms with E-state index in [9.17, 15) is 39.6 Å². The van der Waals surface area contributed by atoms with Crippen molar-refractivity contribution in [2.75, 3.05) is 56.4 Å². The molecule has 0 aliphatic rings. The number of aliphatic imine (C=N–C) groups is 2. The Morgan fingerprint density at radius 3 is 0.758 bits per heavy atom. The zero-order valence-electron chi connectivity index (χ0n) is 34.6. The van der Waals surface area contributed by atoms with Gasteiger partial charge in [-0.25, -0.2) is 0 Å². The van der Waals surface area contributed by atoms with Gasteiger partial charge in [-0.1, -0.05) is 96.4 Å². The summed E-state index contributed by atoms with van der Waals surface area (Å²) in [6.45, 7) is 0. The van der Waals surface area contributed by atoms with E-state index in [-0.39, 0.29) is 99.3 Å². The average molecular weight is 1160 g/mol. The van der Waals surface area contributed by atoms with Gasteiger partial charge in [0.25, 0.3) is 0 Å². The molecule has 0 bridgehead atoms. The molecule has 0 fully saturated rings. The maximum absolute atomic E-state index is 11.4. The van der Waals surface area contributed by atoms with E-state index < -0.39 is 10.2 Å². The van der Waals surface area contributed by atoms with Crippen molar-refractivity contribution in [3.05, 3.63) is 139 Å². The average Bonchev–Trinajstić information content (AvgIpc) is 3.19. The van der Waals surface area contributed by atoms with Gasteiger partial charge >= 0.3 is 76.3 Å². The maximum atomic E-state index is 11.4. The predicted molar refractivity (Wildman–Crippen MR) is 218 cm³/mol. The SMILES string of the molecule is CN(C)C=O.CN(C)C=O.CN(C)C=O.CN(C)C=O.O=[N+]([O-])[O-].O=[N+]([O-])[O-].[Dy+3].[Dy+3].[O-]c1ccccc1C=Nc1ccccc1[O-].[O-]c1ccccc1C=Nc1ccccc1[O-]. The van der Waals surface area contributed by atoms with Gasteiger partial charge in [0.2, 0.25) is 25.6 Å². The Hall–Kier alpha value is -5.75. The molecule has 0 heterocycles. The molecule has 0 spiro atoms. The fourth-order valence-corrected chi connectivity index (χ4v) is 2.58. The molecule has 24 heteroatoms. The minimum absolute atomic E-state index is 0. The van der Waals surface area contributed by atoms with Gasteiger partial charge in [0.05, 0.1) is 21.5 Å². The van der Waals surface area contributed by atoms with Crippen molar-refractivity contribution in [1.82, 2.24) is 19.6 Å². The van der Waals surface area contributed by atoms with Crippen LogP contribution in [0.1, 0.15) is 11.1 Å². The first-order chi connectivity index (χ1) is 28.1. The monoisotopic (exact) mass is 1170 g/mol. The fraction of sp³-hybridized carbons (Fsp3) is 0.211. The van der Waals surface area contributed by atoms with Crippen LogP contribution < -0.4 is 20.4 Å². The van der Waals surface area contributed by atoms with Crippen LogP contribution in [0.2, 0.25) is 0 Å². The summed E-state index contributed by atoms with van der Waals surface area (Å²) in [5.41, 5.74) is 1.63. The molecule has 0 saturated carbocycles. The van der Waals surface area contributed by atoms with Crippen molar-refractivity contribution >= 4 is 49.4 Å². The number of hydrogen-bond donors (Lipinski definition) is 0. The zero-order valence-corrected chi connectivity index (χ0v) is 38.7. The summed E-state index contributed by atoms with van der Waals surface area (Å²) in [5, 5.41) is 74.9. The van der Waals surface area contributed by atoms with Gasteiger partial charge in [-0.05, 0) is 23.3 Å². The molecule has 4 aromatic carbocycles. The standard InChI is InChI=1S/2C13H11NO2.4C3H7NO.2Dy.2NO3/c2*15-12-7-3-1-5-10(12)9-14-11-6-2-4-8-13(11)16;4*1-4(2)3-5;;;2*2-1(3)4/h2*1-9,15-16H;4*3H,1-2H3;;;;/q;;;;;;2*+3;2*-1/p-4. The van der Waals surface area contributed by atoms with Crippen molar-refractivity contribution in [2.45, 2.75) is 0 Å². The molecule has 0 aromatic heterocycles. The molecule has 342 valence electrons. The van der Waals surface area contributed by atoms with Crippen LogP contribution in [-0.2, 0) is 19.2 Å². The summed E-state index contributed by atoms with van der Waals surface area (Å²) in [7, 11) is 13.5. The van der Waals surface area contributed by atoms with Gasteiger partial charge in [0.1, 0.15) is 0 Å². The molecular formula is C38H46Dy2N8O14. The Morgan fingerprint density at radius 2 is 0.581 bits per heavy atom. The largest absolute Gasteiger partial charge is 3.00 e. The maximum Gasteiger partial charge on any atom is 3.00 e. The topological polar surface area (TPSA) is 331 Å². The Kier molecular flexibility index (Phi) is 49.1. The van der Waals surface area contributed by atoms with Gasteiger partial charge in [-0.2, -0.15) is 0 Å². The Labute approximate surface area is 419 Å². The summed E-state index contributed by atoms with van der Waals surface area (Å²) < 4.78 is 0. The predicted octanol–water partition coefficient (Wildman–Crippen LogP) is 1.51. The number of nitrogens with zero attached hydrogens (tertiary/aromatic N) is 8. The molecule has 62 heavy (non-hydrogen) atoms. The molecule has 0 saturated heterocycles. The van der Waals surface area contributed by atoms with Crippen LogP contribution in [0.25, 0.3) is 0 Å². The summed E-state index contributed by atoms with van der Waals surface area (Å²) in [6, 6.07) is 26.0. The minimum Gasteiger partial charge on any atom is -0.872 e. The van der Waals surface area contributed by atoms with E-state index in [1.54, 1.807) is 129 Å². The Balaban J connectivity index is -0.000000157. The van der Waals surface area contributed by atoms with Crippen molar-refractivity contribution in [3.63, 3.8) is 0 Å². The van der Waals surface area contributed by atoms with E-state index in [4.69, 9.17) is 30.6 Å². The van der Waals surface area contributed by atoms with Gasteiger partial charge < -0.3 is 70.7 Å². The minimum atomic E-state index is -1.75. The number of rotatable bonds is 8. The van der Waals surface area contributed by atoms with Gasteiger partial charge in [0, 0.05) is 68.8 Å². The van der Waals surface area contributed by atoms with E-state index in [1.165, 1.54) is 56.3 Å². The summed E-state index contributed by atoms with van der Waals surface area (Å²) in [4.78, 5) is 68.0. The zero-order chi connectivity index (χ0) is 47.1. The van der Waals surface area contributed by atoms with Crippen molar-refractivity contribution in [3.8, 4) is 23.0 Å². The summed E-state index contributed by atoms with van der Waals surface area (Å²) in [5.74, 6) is -0.506. The third kappa shape index (κ3) is 48.6. The third-order valence-corrected chi connectivity index (χ3v) is 5.10. The van der Waals surface area contributed by atoms with E-state index in [0.29, 0.717) is 22.5 Å². The van der Waals surface area contributed by atoms with Gasteiger partial charge in [-0.15, -0.1) is 11.5 Å². The fourth-order valence-electron chi connectivity index (χ4n) is 2.58. The quantitative estimate of drug-likeness (QED) is 0.105. The normalized spacial score (nSPS) is 8.52. The molecule has 0 N–H and O–H groups in total. The molecule has 2 radical (unpaired) electrons. The molecular weight excluding hydrogens is 1120 g/mol. The molecule has 0 aliphatic heterocycles. The van der Waals surface area contributed by atoms with Crippen LogP contribution in [0.15, 0.2) is 107 Å². The smallest absolute Gasteiger partial charge is 0.872 e. The number of amides is 4. The van der Waals surface area contributed by atoms with Crippen LogP contribution in [0.3, 0.4) is 0 Å². The molecule has 0 atom stereocenters. The second kappa shape index (κ2) is 44.8. The Morgan fingerprint density at radius 1 is 0.403 bits per heavy atom. The molecule has 4 aromatic rings. The first-order valence-corrected chi connectivity index (χ1v) is 16.3. The first-order valence-electron chi connectivity index (χ1n) is 16.3. The van der Waals surface area contributed by atoms with Crippen LogP contribution in [0, 0.1) is 107 Å². The third-order valence-electron chi connectivity index (χ3n) is 5.10. The van der Waals surface area contributed by atoms with E-state index in [2.05, 4.69) is 9.98 Å². The number of benzene rings is 4. The second-order valence-electron chi connectivity index (χ2n) is 11.3. The van der Waals surface area contributed by atoms with Crippen LogP contribution in [0.4, 0.5) is 11.4 Å². The van der Waals surface area contributed by atoms with Crippen molar-refractivity contribution in [1.29, 1.82) is 0 Å². The van der Waals surface area contributed by atoms with Gasteiger partial charge in [0.15, 0.2) is 0 Å². The van der Waals surface area contributed by atoms with Crippen LogP contribution in [0.5, 0.6) is 23.0 Å². The van der Waals surface area contributed by atoms with E-state index >= 15 is 0 Å².